The molecule has 5 saturated carbocycles. The Morgan fingerprint density at radius 2 is 1.69 bits per heavy atom. The van der Waals surface area contributed by atoms with E-state index in [0.29, 0.717) is 42.2 Å². The zero-order valence-corrected chi connectivity index (χ0v) is 30.9. The standard InChI is InChI=1S/C39H64N2O7/c1-22-17-25(32(43)35(5,6)45)47-31-30(22)36(7)13-14-39-21-38(39)12-11-28(34(3,4)26(38)9-10-27(39)37(36,8)33(31)44)48-29-20-40(15-16-46-29)24-18-41(19-24)23(2)42/h22,24-33,43-45H,9-21H2,1-8H3. The van der Waals surface area contributed by atoms with Gasteiger partial charge in [-0.3, -0.25) is 9.69 Å². The van der Waals surface area contributed by atoms with E-state index >= 15 is 0 Å². The van der Waals surface area contributed by atoms with Gasteiger partial charge in [-0.25, -0.2) is 0 Å². The summed E-state index contributed by atoms with van der Waals surface area (Å²) in [6, 6.07) is 0.409. The summed E-state index contributed by atoms with van der Waals surface area (Å²) >= 11 is 0. The second kappa shape index (κ2) is 10.9. The number of hydrogen-bond acceptors (Lipinski definition) is 8. The van der Waals surface area contributed by atoms with Crippen molar-refractivity contribution in [3.63, 3.8) is 0 Å². The van der Waals surface area contributed by atoms with E-state index in [-0.39, 0.29) is 52.0 Å². The highest BCUT2D eigenvalue weighted by Crippen LogP contribution is 2.89. The summed E-state index contributed by atoms with van der Waals surface area (Å²) in [7, 11) is 0. The number of morpholine rings is 1. The van der Waals surface area contributed by atoms with E-state index in [9.17, 15) is 20.1 Å². The molecule has 0 aromatic rings. The topological polar surface area (TPSA) is 112 Å². The van der Waals surface area contributed by atoms with Crippen LogP contribution in [0.3, 0.4) is 0 Å². The molecule has 9 nitrogen and oxygen atoms in total. The van der Waals surface area contributed by atoms with Gasteiger partial charge in [-0.05, 0) is 111 Å². The average Bonchev–Trinajstić information content (AvgIpc) is 3.61. The van der Waals surface area contributed by atoms with Crippen LogP contribution in [0, 0.1) is 50.7 Å². The van der Waals surface area contributed by atoms with Crippen LogP contribution in [-0.4, -0.2) is 112 Å². The van der Waals surface area contributed by atoms with Crippen LogP contribution in [0.5, 0.6) is 0 Å². The van der Waals surface area contributed by atoms with Crippen molar-refractivity contribution in [2.24, 2.45) is 50.7 Å². The van der Waals surface area contributed by atoms with Crippen molar-refractivity contribution in [2.45, 2.75) is 155 Å². The normalized spacial score (nSPS) is 52.2. The number of aliphatic hydroxyl groups is 3. The summed E-state index contributed by atoms with van der Waals surface area (Å²) < 4.78 is 19.8. The fourth-order valence-corrected chi connectivity index (χ4v) is 14.4. The number of aliphatic hydroxyl groups excluding tert-OH is 2. The first-order valence-electron chi connectivity index (χ1n) is 19.4. The van der Waals surface area contributed by atoms with E-state index in [2.05, 4.69) is 39.5 Å². The smallest absolute Gasteiger partial charge is 0.219 e. The fourth-order valence-electron chi connectivity index (χ4n) is 14.4. The number of carbonyl (C=O) groups is 1. The summed E-state index contributed by atoms with van der Waals surface area (Å²) in [5.41, 5.74) is -0.936. The maximum Gasteiger partial charge on any atom is 0.219 e. The predicted octanol–water partition coefficient (Wildman–Crippen LogP) is 4.21. The van der Waals surface area contributed by atoms with Crippen molar-refractivity contribution in [1.82, 2.24) is 9.80 Å². The van der Waals surface area contributed by atoms with Gasteiger partial charge < -0.3 is 34.4 Å². The van der Waals surface area contributed by atoms with Crippen molar-refractivity contribution < 1.29 is 34.3 Å². The Morgan fingerprint density at radius 3 is 2.38 bits per heavy atom. The molecule has 272 valence electrons. The zero-order chi connectivity index (χ0) is 34.4. The van der Waals surface area contributed by atoms with E-state index < -0.39 is 23.9 Å². The Morgan fingerprint density at radius 1 is 1.00 bits per heavy atom. The molecule has 3 saturated heterocycles. The van der Waals surface area contributed by atoms with Crippen LogP contribution in [0.1, 0.15) is 107 Å². The van der Waals surface area contributed by atoms with Crippen LogP contribution >= 0.6 is 0 Å². The molecule has 5 aliphatic carbocycles. The number of ether oxygens (including phenoxy) is 3. The van der Waals surface area contributed by atoms with Crippen molar-refractivity contribution in [3.05, 3.63) is 0 Å². The predicted molar refractivity (Wildman–Crippen MR) is 181 cm³/mol. The Hall–Kier alpha value is -0.810. The van der Waals surface area contributed by atoms with Gasteiger partial charge in [-0.1, -0.05) is 34.6 Å². The molecular formula is C39H64N2O7. The molecule has 8 aliphatic rings. The van der Waals surface area contributed by atoms with Crippen molar-refractivity contribution in [1.29, 1.82) is 0 Å². The molecule has 14 unspecified atom stereocenters. The lowest BCUT2D eigenvalue weighted by Gasteiger charge is -2.64. The quantitative estimate of drug-likeness (QED) is 0.399. The van der Waals surface area contributed by atoms with Crippen molar-refractivity contribution in [3.8, 4) is 0 Å². The molecule has 3 N–H and O–H groups in total. The lowest BCUT2D eigenvalue weighted by atomic mass is 9.41. The van der Waals surface area contributed by atoms with Crippen molar-refractivity contribution >= 4 is 5.91 Å². The summed E-state index contributed by atoms with van der Waals surface area (Å²) in [6.45, 7) is 21.0. The van der Waals surface area contributed by atoms with Gasteiger partial charge in [-0.2, -0.15) is 0 Å². The molecule has 48 heavy (non-hydrogen) atoms. The highest BCUT2D eigenvalue weighted by Gasteiger charge is 2.84. The third kappa shape index (κ3) is 4.43. The summed E-state index contributed by atoms with van der Waals surface area (Å²) in [5.74, 6) is 1.75. The number of hydrogen-bond donors (Lipinski definition) is 3. The van der Waals surface area contributed by atoms with E-state index in [1.54, 1.807) is 20.8 Å². The van der Waals surface area contributed by atoms with Gasteiger partial charge >= 0.3 is 0 Å². The number of carbonyl (C=O) groups excluding carboxylic acids is 1. The number of fused-ring (bicyclic) bond motifs is 4. The number of nitrogens with zero attached hydrogens (tertiary/aromatic N) is 2. The number of likely N-dealkylation sites (tertiary alicyclic amines) is 1. The SMILES string of the molecule is CC(=O)N1CC(N2CCOC(OC3CCC45CC46CCC4(C)C7C(C)CC(C(O)C(C)(C)O)OC7C(O)C4(C)C6CCC5C3(C)C)C2)C1. The minimum atomic E-state index is -1.25. The third-order valence-electron chi connectivity index (χ3n) is 17.0. The molecule has 8 rings (SSSR count). The first kappa shape index (κ1) is 34.3. The highest BCUT2D eigenvalue weighted by molar-refractivity contribution is 5.74. The van der Waals surface area contributed by atoms with Gasteiger partial charge in [0, 0.05) is 38.0 Å². The lowest BCUT2D eigenvalue weighted by molar-refractivity contribution is -0.253. The third-order valence-corrected chi connectivity index (χ3v) is 17.0. The summed E-state index contributed by atoms with van der Waals surface area (Å²) in [4.78, 5) is 16.1. The molecule has 0 radical (unpaired) electrons. The van der Waals surface area contributed by atoms with Gasteiger partial charge in [0.05, 0.1) is 43.2 Å². The maximum atomic E-state index is 12.5. The zero-order valence-electron chi connectivity index (χ0n) is 30.9. The van der Waals surface area contributed by atoms with Crippen LogP contribution in [-0.2, 0) is 19.0 Å². The molecule has 3 aliphatic heterocycles. The van der Waals surface area contributed by atoms with Crippen LogP contribution in [0.4, 0.5) is 0 Å². The Balaban J connectivity index is 0.993. The molecule has 0 bridgehead atoms. The van der Waals surface area contributed by atoms with Crippen LogP contribution in [0.2, 0.25) is 0 Å². The Bertz CT molecular complexity index is 1300. The Kier molecular flexibility index (Phi) is 7.76. The minimum absolute atomic E-state index is 0.0300. The van der Waals surface area contributed by atoms with Gasteiger partial charge in [0.15, 0.2) is 6.29 Å². The van der Waals surface area contributed by atoms with Crippen LogP contribution in [0.15, 0.2) is 0 Å². The first-order chi connectivity index (χ1) is 22.4. The van der Waals surface area contributed by atoms with Crippen LogP contribution < -0.4 is 0 Å². The van der Waals surface area contributed by atoms with Gasteiger partial charge in [0.2, 0.25) is 5.91 Å². The molecular weight excluding hydrogens is 608 g/mol. The maximum absolute atomic E-state index is 12.5. The van der Waals surface area contributed by atoms with E-state index in [1.165, 1.54) is 25.7 Å². The minimum Gasteiger partial charge on any atom is -0.390 e. The monoisotopic (exact) mass is 672 g/mol. The largest absolute Gasteiger partial charge is 0.390 e. The lowest BCUT2D eigenvalue weighted by Crippen LogP contribution is -2.64. The average molecular weight is 673 g/mol. The molecule has 0 aromatic carbocycles. The van der Waals surface area contributed by atoms with E-state index in [0.717, 1.165) is 45.4 Å². The van der Waals surface area contributed by atoms with Gasteiger partial charge in [-0.15, -0.1) is 0 Å². The molecule has 14 atom stereocenters. The molecule has 1 amide bonds. The second-order valence-electron chi connectivity index (χ2n) is 19.7. The summed E-state index contributed by atoms with van der Waals surface area (Å²) in [5, 5.41) is 34.1. The molecule has 3 heterocycles. The Labute approximate surface area is 288 Å². The molecule has 9 heteroatoms. The van der Waals surface area contributed by atoms with Crippen molar-refractivity contribution in [2.75, 3.05) is 32.8 Å². The molecule has 8 fully saturated rings. The number of amides is 1. The number of rotatable bonds is 5. The highest BCUT2D eigenvalue weighted by atomic mass is 16.7. The molecule has 0 aromatic heterocycles. The summed E-state index contributed by atoms with van der Waals surface area (Å²) in [6.07, 6.45) is 6.47. The van der Waals surface area contributed by atoms with Gasteiger partial charge in [0.25, 0.3) is 0 Å². The second-order valence-corrected chi connectivity index (χ2v) is 19.7. The van der Waals surface area contributed by atoms with Crippen LogP contribution in [0.25, 0.3) is 0 Å². The first-order valence-corrected chi connectivity index (χ1v) is 19.4. The van der Waals surface area contributed by atoms with Gasteiger partial charge in [0.1, 0.15) is 6.10 Å². The van der Waals surface area contributed by atoms with E-state index in [1.807, 2.05) is 4.90 Å². The molecule has 2 spiro atoms. The fraction of sp³-hybridized carbons (Fsp3) is 0.974. The van der Waals surface area contributed by atoms with E-state index in [4.69, 9.17) is 14.2 Å².